The third kappa shape index (κ3) is 3.57. The first-order chi connectivity index (χ1) is 13.4. The lowest BCUT2D eigenvalue weighted by molar-refractivity contribution is 0.0686. The highest BCUT2D eigenvalue weighted by Gasteiger charge is 2.25. The maximum absolute atomic E-state index is 12.2. The van der Waals surface area contributed by atoms with Crippen LogP contribution in [0.1, 0.15) is 10.5 Å². The number of nitrogens with zero attached hydrogens (tertiary/aromatic N) is 1. The summed E-state index contributed by atoms with van der Waals surface area (Å²) in [6.45, 7) is 0. The Morgan fingerprint density at radius 1 is 0.929 bits per heavy atom. The maximum atomic E-state index is 12.2. The monoisotopic (exact) mass is 523 g/mol. The zero-order valence-corrected chi connectivity index (χ0v) is 17.9. The molecule has 28 heavy (non-hydrogen) atoms. The predicted molar refractivity (Wildman–Crippen MR) is 119 cm³/mol. The van der Waals surface area contributed by atoms with Crippen molar-refractivity contribution in [1.29, 1.82) is 0 Å². The van der Waals surface area contributed by atoms with E-state index in [2.05, 4.69) is 22.6 Å². The molecule has 4 aromatic rings. The fraction of sp³-hybridized carbons (Fsp3) is 0. The van der Waals surface area contributed by atoms with E-state index in [0.717, 1.165) is 3.57 Å². The van der Waals surface area contributed by atoms with Crippen molar-refractivity contribution >= 4 is 62.7 Å². The first-order valence-electron chi connectivity index (χ1n) is 8.20. The van der Waals surface area contributed by atoms with Gasteiger partial charge in [-0.15, -0.1) is 0 Å². The van der Waals surface area contributed by atoms with Crippen molar-refractivity contribution in [1.82, 2.24) is 4.57 Å². The van der Waals surface area contributed by atoms with E-state index >= 15 is 0 Å². The summed E-state index contributed by atoms with van der Waals surface area (Å²) in [5.41, 5.74) is 1.34. The molecule has 0 aliphatic carbocycles. The Balaban J connectivity index is 2.01. The summed E-state index contributed by atoms with van der Waals surface area (Å²) >= 11 is 14.4. The Kier molecular flexibility index (Phi) is 5.23. The van der Waals surface area contributed by atoms with Gasteiger partial charge in [-0.25, -0.2) is 4.79 Å². The van der Waals surface area contributed by atoms with Gasteiger partial charge in [0.25, 0.3) is 0 Å². The highest BCUT2D eigenvalue weighted by atomic mass is 127. The van der Waals surface area contributed by atoms with Crippen LogP contribution < -0.4 is 4.74 Å². The third-order valence-corrected chi connectivity index (χ3v) is 5.41. The lowest BCUT2D eigenvalue weighted by Gasteiger charge is -2.10. The maximum Gasteiger partial charge on any atom is 0.356 e. The molecule has 0 fully saturated rings. The molecule has 1 N–H and O–H groups in total. The van der Waals surface area contributed by atoms with Crippen molar-refractivity contribution < 1.29 is 14.6 Å². The van der Waals surface area contributed by atoms with Gasteiger partial charge in [-0.2, -0.15) is 0 Å². The van der Waals surface area contributed by atoms with Gasteiger partial charge in [-0.1, -0.05) is 23.2 Å². The zero-order chi connectivity index (χ0) is 19.8. The van der Waals surface area contributed by atoms with E-state index in [1.165, 1.54) is 0 Å². The van der Waals surface area contributed by atoms with Gasteiger partial charge in [0, 0.05) is 24.7 Å². The molecule has 0 amide bonds. The lowest BCUT2D eigenvalue weighted by atomic mass is 10.2. The van der Waals surface area contributed by atoms with E-state index < -0.39 is 5.97 Å². The second kappa shape index (κ2) is 7.66. The lowest BCUT2D eigenvalue weighted by Crippen LogP contribution is -2.07. The molecule has 4 nitrogen and oxygen atoms in total. The number of aromatic carboxylic acids is 1. The van der Waals surface area contributed by atoms with E-state index in [-0.39, 0.29) is 11.4 Å². The number of fused-ring (bicyclic) bond motifs is 1. The van der Waals surface area contributed by atoms with Crippen LogP contribution in [0.5, 0.6) is 11.5 Å². The van der Waals surface area contributed by atoms with E-state index in [0.29, 0.717) is 32.4 Å². The first kappa shape index (κ1) is 19.1. The molecule has 1 heterocycles. The average molecular weight is 524 g/mol. The minimum atomic E-state index is -1.11. The van der Waals surface area contributed by atoms with Crippen LogP contribution in [0.3, 0.4) is 0 Å². The van der Waals surface area contributed by atoms with Gasteiger partial charge in [0.15, 0.2) is 11.4 Å². The number of rotatable bonds is 4. The molecule has 1 aromatic heterocycles. The normalized spacial score (nSPS) is 11.0. The number of ether oxygens (including phenoxy) is 1. The fourth-order valence-electron chi connectivity index (χ4n) is 3.01. The number of hydrogen-bond donors (Lipinski definition) is 1. The minimum Gasteiger partial charge on any atom is -0.476 e. The summed E-state index contributed by atoms with van der Waals surface area (Å²) < 4.78 is 8.71. The Hall–Kier alpha value is -2.22. The zero-order valence-electron chi connectivity index (χ0n) is 14.2. The van der Waals surface area contributed by atoms with Gasteiger partial charge >= 0.3 is 5.97 Å². The van der Waals surface area contributed by atoms with Crippen molar-refractivity contribution in [3.8, 4) is 17.2 Å². The van der Waals surface area contributed by atoms with E-state index in [4.69, 9.17) is 27.9 Å². The molecule has 3 aromatic carbocycles. The van der Waals surface area contributed by atoms with Crippen molar-refractivity contribution in [2.24, 2.45) is 0 Å². The number of benzene rings is 3. The SMILES string of the molecule is O=C(O)c1c(Oc2ccc(I)cc2)c2cc(Cl)ccc2n1-c1ccc(Cl)cc1. The van der Waals surface area contributed by atoms with Crippen LogP contribution in [0.2, 0.25) is 10.0 Å². The number of hydrogen-bond acceptors (Lipinski definition) is 2. The average Bonchev–Trinajstić information content (AvgIpc) is 2.98. The summed E-state index contributed by atoms with van der Waals surface area (Å²) in [5.74, 6) is -0.331. The molecule has 0 atom stereocenters. The van der Waals surface area contributed by atoms with E-state index in [1.54, 1.807) is 59.2 Å². The summed E-state index contributed by atoms with van der Waals surface area (Å²) in [7, 11) is 0. The molecule has 0 unspecified atom stereocenters. The van der Waals surface area contributed by atoms with Gasteiger partial charge in [0.1, 0.15) is 5.75 Å². The Bertz CT molecular complexity index is 1190. The molecule has 4 rings (SSSR count). The number of aromatic nitrogens is 1. The molecule has 0 saturated heterocycles. The number of carbonyl (C=O) groups is 1. The largest absolute Gasteiger partial charge is 0.476 e. The molecule has 0 spiro atoms. The fourth-order valence-corrected chi connectivity index (χ4v) is 3.67. The Morgan fingerprint density at radius 3 is 2.21 bits per heavy atom. The molecule has 0 saturated carbocycles. The van der Waals surface area contributed by atoms with Crippen molar-refractivity contribution in [3.05, 3.63) is 86.0 Å². The molecule has 7 heteroatoms. The Labute approximate surface area is 184 Å². The van der Waals surface area contributed by atoms with Gasteiger partial charge < -0.3 is 14.4 Å². The van der Waals surface area contributed by atoms with Crippen molar-refractivity contribution in [3.63, 3.8) is 0 Å². The van der Waals surface area contributed by atoms with Crippen LogP contribution in [0.4, 0.5) is 0 Å². The quantitative estimate of drug-likeness (QED) is 0.292. The molecular formula is C21H12Cl2INO3. The van der Waals surface area contributed by atoms with E-state index in [1.807, 2.05) is 12.1 Å². The highest BCUT2D eigenvalue weighted by Crippen LogP contribution is 2.40. The minimum absolute atomic E-state index is 0.0122. The van der Waals surface area contributed by atoms with Crippen LogP contribution in [0.15, 0.2) is 66.7 Å². The molecule has 140 valence electrons. The second-order valence-corrected chi connectivity index (χ2v) is 8.13. The Morgan fingerprint density at radius 2 is 1.57 bits per heavy atom. The molecular weight excluding hydrogens is 512 g/mol. The third-order valence-electron chi connectivity index (χ3n) is 4.20. The van der Waals surface area contributed by atoms with E-state index in [9.17, 15) is 9.90 Å². The molecule has 0 aliphatic heterocycles. The van der Waals surface area contributed by atoms with Crippen LogP contribution in [-0.2, 0) is 0 Å². The van der Waals surface area contributed by atoms with Crippen molar-refractivity contribution in [2.45, 2.75) is 0 Å². The van der Waals surface area contributed by atoms with Gasteiger partial charge in [-0.05, 0) is 89.3 Å². The summed E-state index contributed by atoms with van der Waals surface area (Å²) in [6.07, 6.45) is 0. The predicted octanol–water partition coefficient (Wildman–Crippen LogP) is 7.03. The number of carboxylic acids is 1. The first-order valence-corrected chi connectivity index (χ1v) is 10.0. The van der Waals surface area contributed by atoms with Crippen LogP contribution in [-0.4, -0.2) is 15.6 Å². The highest BCUT2D eigenvalue weighted by molar-refractivity contribution is 14.1. The summed E-state index contributed by atoms with van der Waals surface area (Å²) in [6, 6.07) is 19.5. The number of carboxylic acid groups (broad SMARTS) is 1. The van der Waals surface area contributed by atoms with Crippen molar-refractivity contribution in [2.75, 3.05) is 0 Å². The van der Waals surface area contributed by atoms with Gasteiger partial charge in [0.2, 0.25) is 0 Å². The smallest absolute Gasteiger partial charge is 0.356 e. The van der Waals surface area contributed by atoms with Crippen LogP contribution >= 0.6 is 45.8 Å². The van der Waals surface area contributed by atoms with Crippen LogP contribution in [0.25, 0.3) is 16.6 Å². The number of halogens is 3. The molecule has 0 radical (unpaired) electrons. The van der Waals surface area contributed by atoms with Crippen LogP contribution in [0, 0.1) is 3.57 Å². The van der Waals surface area contributed by atoms with Gasteiger partial charge in [0.05, 0.1) is 5.52 Å². The van der Waals surface area contributed by atoms with Gasteiger partial charge in [-0.3, -0.25) is 0 Å². The second-order valence-electron chi connectivity index (χ2n) is 6.01. The molecule has 0 aliphatic rings. The topological polar surface area (TPSA) is 51.5 Å². The molecule has 0 bridgehead atoms. The standard InChI is InChI=1S/C21H12Cl2INO3/c22-12-1-6-15(7-2-12)25-18-10-3-13(23)11-17(18)20(19(25)21(26)27)28-16-8-4-14(24)5-9-16/h1-11H,(H,26,27). The summed E-state index contributed by atoms with van der Waals surface area (Å²) in [5, 5.41) is 11.7. The summed E-state index contributed by atoms with van der Waals surface area (Å²) in [4.78, 5) is 12.2.